The maximum absolute atomic E-state index is 10.8. The van der Waals surface area contributed by atoms with Crippen LogP contribution in [0.15, 0.2) is 11.1 Å². The van der Waals surface area contributed by atoms with Crippen LogP contribution in [0.25, 0.3) is 0 Å². The lowest BCUT2D eigenvalue weighted by atomic mass is 11.2. The summed E-state index contributed by atoms with van der Waals surface area (Å²) in [5.41, 5.74) is -0.171. The quantitative estimate of drug-likeness (QED) is 0.465. The van der Waals surface area contributed by atoms with E-state index in [0.717, 1.165) is 11.0 Å². The fraction of sp³-hybridized carbons (Fsp3) is 0.333. The molecule has 0 saturated heterocycles. The summed E-state index contributed by atoms with van der Waals surface area (Å²) in [7, 11) is 2.62. The Morgan fingerprint density at radius 2 is 2.56 bits per heavy atom. The zero-order chi connectivity index (χ0) is 6.85. The first kappa shape index (κ1) is 6.76. The van der Waals surface area contributed by atoms with Crippen molar-refractivity contribution in [1.29, 1.82) is 0 Å². The van der Waals surface area contributed by atoms with E-state index < -0.39 is 0 Å². The van der Waals surface area contributed by atoms with Gasteiger partial charge in [0, 0.05) is 18.0 Å². The Hall–Kier alpha value is -0.360. The van der Waals surface area contributed by atoms with Crippen molar-refractivity contribution in [2.75, 3.05) is 0 Å². The van der Waals surface area contributed by atoms with Crippen LogP contribution in [0.2, 0.25) is 0 Å². The third-order valence-corrected chi connectivity index (χ3v) is 1.84. The largest absolute Gasteiger partial charge is 0.356 e. The van der Waals surface area contributed by atoms with Crippen LogP contribution in [-0.4, -0.2) is 13.8 Å². The van der Waals surface area contributed by atoms with Gasteiger partial charge in [-0.15, -0.1) is 0 Å². The normalized spacial score (nSPS) is 10.0. The van der Waals surface area contributed by atoms with E-state index in [1.165, 1.54) is 15.0 Å². The zero-order valence-corrected chi connectivity index (χ0v) is 6.39. The molecule has 0 saturated carbocycles. The van der Waals surface area contributed by atoms with E-state index in [1.807, 2.05) is 0 Å². The monoisotopic (exact) mass is 163 g/mol. The number of thiol groups is 1. The van der Waals surface area contributed by atoms with Crippen LogP contribution in [0.4, 0.5) is 0 Å². The number of hydrogen-bond acceptors (Lipinski definition) is 4. The van der Waals surface area contributed by atoms with Crippen molar-refractivity contribution in [3.8, 4) is 0 Å². The summed E-state index contributed by atoms with van der Waals surface area (Å²) in [6, 6.07) is 0. The van der Waals surface area contributed by atoms with Gasteiger partial charge >= 0.3 is 5.69 Å². The Labute approximate surface area is 60.8 Å². The van der Waals surface area contributed by atoms with Crippen molar-refractivity contribution < 1.29 is 0 Å². The Morgan fingerprint density at radius 1 is 1.89 bits per heavy atom. The fourth-order valence-corrected chi connectivity index (χ4v) is 1.03. The lowest BCUT2D eigenvalue weighted by Crippen LogP contribution is -2.18. The predicted molar refractivity (Wildman–Crippen MR) is 39.4 cm³/mol. The van der Waals surface area contributed by atoms with E-state index in [9.17, 15) is 4.79 Å². The highest BCUT2D eigenvalue weighted by Crippen LogP contribution is 2.03. The van der Waals surface area contributed by atoms with Gasteiger partial charge in [0.05, 0.1) is 0 Å². The maximum atomic E-state index is 10.8. The van der Waals surface area contributed by atoms with Crippen LogP contribution in [0.1, 0.15) is 0 Å². The van der Waals surface area contributed by atoms with E-state index in [0.29, 0.717) is 0 Å². The fourth-order valence-electron chi connectivity index (χ4n) is 0.422. The van der Waals surface area contributed by atoms with E-state index in [4.69, 9.17) is 0 Å². The SMILES string of the molecule is Cn1ncn(SS)c1=O. The average molecular weight is 163 g/mol. The topological polar surface area (TPSA) is 39.8 Å². The first-order chi connectivity index (χ1) is 4.25. The minimum Gasteiger partial charge on any atom is -0.245 e. The number of rotatable bonds is 1. The van der Waals surface area contributed by atoms with Gasteiger partial charge in [0.25, 0.3) is 0 Å². The van der Waals surface area contributed by atoms with Crippen molar-refractivity contribution >= 4 is 22.6 Å². The van der Waals surface area contributed by atoms with Crippen LogP contribution in [0.5, 0.6) is 0 Å². The van der Waals surface area contributed by atoms with Gasteiger partial charge in [0.15, 0.2) is 0 Å². The molecule has 0 aliphatic carbocycles. The summed E-state index contributed by atoms with van der Waals surface area (Å²) in [5, 5.41) is 3.68. The minimum absolute atomic E-state index is 0.171. The van der Waals surface area contributed by atoms with Gasteiger partial charge in [-0.25, -0.2) is 13.4 Å². The molecule has 0 aromatic carbocycles. The third kappa shape index (κ3) is 1.13. The molecule has 0 radical (unpaired) electrons. The lowest BCUT2D eigenvalue weighted by molar-refractivity contribution is 0.732. The summed E-state index contributed by atoms with van der Waals surface area (Å²) in [5.74, 6) is 0. The van der Waals surface area contributed by atoms with Gasteiger partial charge < -0.3 is 0 Å². The molecule has 0 spiro atoms. The summed E-state index contributed by atoms with van der Waals surface area (Å²) in [6.45, 7) is 0. The minimum atomic E-state index is -0.171. The first-order valence-corrected chi connectivity index (χ1v) is 4.01. The van der Waals surface area contributed by atoms with Gasteiger partial charge in [-0.3, -0.25) is 0 Å². The van der Waals surface area contributed by atoms with Crippen LogP contribution >= 0.6 is 22.6 Å². The molecule has 0 bridgehead atoms. The molecule has 1 aromatic rings. The van der Waals surface area contributed by atoms with Gasteiger partial charge in [-0.1, -0.05) is 11.7 Å². The van der Waals surface area contributed by atoms with Gasteiger partial charge in [0.2, 0.25) is 0 Å². The van der Waals surface area contributed by atoms with Crippen molar-refractivity contribution in [2.45, 2.75) is 0 Å². The van der Waals surface area contributed by atoms with Crippen LogP contribution in [0, 0.1) is 0 Å². The highest BCUT2D eigenvalue weighted by atomic mass is 33.1. The molecule has 0 aliphatic rings. The predicted octanol–water partition coefficient (Wildman–Crippen LogP) is -0.0771. The van der Waals surface area contributed by atoms with E-state index in [1.54, 1.807) is 7.05 Å². The Balaban J connectivity index is 3.20. The lowest BCUT2D eigenvalue weighted by Gasteiger charge is -1.84. The molecule has 1 heterocycles. The molecule has 0 unspecified atom stereocenters. The van der Waals surface area contributed by atoms with Crippen molar-refractivity contribution in [1.82, 2.24) is 13.8 Å². The Morgan fingerprint density at radius 3 is 2.78 bits per heavy atom. The molecule has 4 nitrogen and oxygen atoms in total. The molecule has 0 fully saturated rings. The van der Waals surface area contributed by atoms with Gasteiger partial charge in [-0.05, 0) is 0 Å². The molecule has 0 aliphatic heterocycles. The second-order valence-corrected chi connectivity index (χ2v) is 2.49. The van der Waals surface area contributed by atoms with Gasteiger partial charge in [0.1, 0.15) is 6.33 Å². The highest BCUT2D eigenvalue weighted by molar-refractivity contribution is 8.67. The molecule has 1 rings (SSSR count). The second-order valence-electron chi connectivity index (χ2n) is 1.44. The second kappa shape index (κ2) is 2.49. The molecule has 0 atom stereocenters. The molecule has 6 heteroatoms. The van der Waals surface area contributed by atoms with Gasteiger partial charge in [-0.2, -0.15) is 5.10 Å². The number of hydrogen-bond donors (Lipinski definition) is 1. The number of aryl methyl sites for hydroxylation is 1. The average Bonchev–Trinajstić information content (AvgIpc) is 2.15. The van der Waals surface area contributed by atoms with Crippen LogP contribution in [-0.2, 0) is 7.05 Å². The molecule has 50 valence electrons. The molecular formula is C3H5N3OS2. The summed E-state index contributed by atoms with van der Waals surface area (Å²) in [4.78, 5) is 10.8. The molecule has 0 amide bonds. The number of aromatic nitrogens is 3. The Bertz CT molecular complexity index is 252. The highest BCUT2D eigenvalue weighted by Gasteiger charge is 1.96. The summed E-state index contributed by atoms with van der Waals surface area (Å²) in [6.07, 6.45) is 1.42. The van der Waals surface area contributed by atoms with Crippen LogP contribution in [0.3, 0.4) is 0 Å². The maximum Gasteiger partial charge on any atom is 0.356 e. The Kier molecular flexibility index (Phi) is 1.87. The molecule has 1 aromatic heterocycles. The zero-order valence-electron chi connectivity index (χ0n) is 4.68. The molecule has 0 N–H and O–H groups in total. The number of nitrogens with zero attached hydrogens (tertiary/aromatic N) is 3. The molecular weight excluding hydrogens is 158 g/mol. The van der Waals surface area contributed by atoms with Crippen LogP contribution < -0.4 is 5.69 Å². The summed E-state index contributed by atoms with van der Waals surface area (Å²) < 4.78 is 2.56. The van der Waals surface area contributed by atoms with E-state index in [2.05, 4.69) is 16.8 Å². The van der Waals surface area contributed by atoms with Crippen molar-refractivity contribution in [3.63, 3.8) is 0 Å². The third-order valence-electron chi connectivity index (χ3n) is 0.883. The molecule has 9 heavy (non-hydrogen) atoms. The van der Waals surface area contributed by atoms with Crippen molar-refractivity contribution in [3.05, 3.63) is 16.8 Å². The van der Waals surface area contributed by atoms with Crippen molar-refractivity contribution in [2.24, 2.45) is 7.05 Å². The van der Waals surface area contributed by atoms with E-state index >= 15 is 0 Å². The standard InChI is InChI=1S/C3H5N3OS2/c1-5-3(7)6(9-8)2-4-5/h2,8H,1H3. The summed E-state index contributed by atoms with van der Waals surface area (Å²) >= 11 is 3.82. The smallest absolute Gasteiger partial charge is 0.245 e. The van der Waals surface area contributed by atoms with E-state index in [-0.39, 0.29) is 5.69 Å². The first-order valence-electron chi connectivity index (χ1n) is 2.18.